The van der Waals surface area contributed by atoms with E-state index in [9.17, 15) is 0 Å². The van der Waals surface area contributed by atoms with E-state index in [0.717, 1.165) is 21.4 Å². The van der Waals surface area contributed by atoms with Gasteiger partial charge in [-0.15, -0.1) is 10.2 Å². The molecule has 1 saturated carbocycles. The van der Waals surface area contributed by atoms with E-state index in [4.69, 9.17) is 5.73 Å². The van der Waals surface area contributed by atoms with Gasteiger partial charge in [0.25, 0.3) is 0 Å². The number of nitrogen functional groups attached to an aromatic ring is 1. The highest BCUT2D eigenvalue weighted by atomic mass is 32.1. The molecule has 0 aliphatic heterocycles. The molecule has 3 aromatic rings. The van der Waals surface area contributed by atoms with E-state index >= 15 is 0 Å². The van der Waals surface area contributed by atoms with E-state index in [1.54, 1.807) is 6.20 Å². The van der Waals surface area contributed by atoms with Gasteiger partial charge in [0, 0.05) is 17.7 Å². The lowest BCUT2D eigenvalue weighted by Gasteiger charge is -1.96. The monoisotopic (exact) mass is 258 g/mol. The fourth-order valence-electron chi connectivity index (χ4n) is 1.93. The van der Waals surface area contributed by atoms with E-state index in [1.807, 2.05) is 16.6 Å². The Labute approximate surface area is 106 Å². The number of nitrogens with zero attached hydrogens (tertiary/aromatic N) is 5. The van der Waals surface area contributed by atoms with E-state index < -0.39 is 0 Å². The lowest BCUT2D eigenvalue weighted by atomic mass is 10.3. The summed E-state index contributed by atoms with van der Waals surface area (Å²) >= 11 is 1.52. The minimum atomic E-state index is 0.501. The molecule has 0 radical (unpaired) electrons. The number of rotatable bonds is 2. The third kappa shape index (κ3) is 1.47. The van der Waals surface area contributed by atoms with Gasteiger partial charge in [-0.3, -0.25) is 0 Å². The van der Waals surface area contributed by atoms with Gasteiger partial charge >= 0.3 is 0 Å². The summed E-state index contributed by atoms with van der Waals surface area (Å²) in [6.07, 6.45) is 4.07. The van der Waals surface area contributed by atoms with Gasteiger partial charge in [-0.05, 0) is 25.0 Å². The SMILES string of the molecule is Nc1cc(-c2nn3c(C4CC4)nnc3s2)ccn1. The van der Waals surface area contributed by atoms with Crippen molar-refractivity contribution in [2.45, 2.75) is 18.8 Å². The first kappa shape index (κ1) is 9.95. The van der Waals surface area contributed by atoms with Gasteiger partial charge in [0.2, 0.25) is 4.96 Å². The van der Waals surface area contributed by atoms with Gasteiger partial charge in [-0.25, -0.2) is 4.98 Å². The van der Waals surface area contributed by atoms with Crippen LogP contribution in [0.2, 0.25) is 0 Å². The molecule has 0 bridgehead atoms. The Morgan fingerprint density at radius 2 is 2.22 bits per heavy atom. The van der Waals surface area contributed by atoms with Crippen LogP contribution in [0.25, 0.3) is 15.5 Å². The van der Waals surface area contributed by atoms with Gasteiger partial charge in [0.15, 0.2) is 5.82 Å². The van der Waals surface area contributed by atoms with Crippen LogP contribution in [0.15, 0.2) is 18.3 Å². The van der Waals surface area contributed by atoms with Crippen LogP contribution in [-0.4, -0.2) is 24.8 Å². The summed E-state index contributed by atoms with van der Waals surface area (Å²) in [6, 6.07) is 3.72. The molecule has 3 heterocycles. The molecule has 0 atom stereocenters. The minimum Gasteiger partial charge on any atom is -0.384 e. The Morgan fingerprint density at radius 3 is 3.00 bits per heavy atom. The van der Waals surface area contributed by atoms with Crippen LogP contribution in [0.3, 0.4) is 0 Å². The number of hydrogen-bond acceptors (Lipinski definition) is 6. The molecular weight excluding hydrogens is 248 g/mol. The van der Waals surface area contributed by atoms with Gasteiger partial charge in [0.05, 0.1) is 0 Å². The summed E-state index contributed by atoms with van der Waals surface area (Å²) in [5, 5.41) is 13.8. The van der Waals surface area contributed by atoms with Crippen molar-refractivity contribution in [1.29, 1.82) is 0 Å². The number of pyridine rings is 1. The first-order chi connectivity index (χ1) is 8.81. The molecule has 0 aromatic carbocycles. The molecule has 1 aliphatic carbocycles. The summed E-state index contributed by atoms with van der Waals surface area (Å²) in [5.41, 5.74) is 6.66. The maximum Gasteiger partial charge on any atom is 0.234 e. The minimum absolute atomic E-state index is 0.501. The molecule has 3 aromatic heterocycles. The van der Waals surface area contributed by atoms with Crippen molar-refractivity contribution < 1.29 is 0 Å². The maximum absolute atomic E-state index is 5.68. The smallest absolute Gasteiger partial charge is 0.234 e. The van der Waals surface area contributed by atoms with E-state index in [-0.39, 0.29) is 0 Å². The zero-order valence-corrected chi connectivity index (χ0v) is 10.3. The van der Waals surface area contributed by atoms with Crippen molar-refractivity contribution >= 4 is 22.1 Å². The molecule has 7 heteroatoms. The molecule has 0 unspecified atom stereocenters. The van der Waals surface area contributed by atoms with Crippen molar-refractivity contribution in [3.8, 4) is 10.6 Å². The number of hydrogen-bond donors (Lipinski definition) is 1. The third-order valence-electron chi connectivity index (χ3n) is 2.99. The van der Waals surface area contributed by atoms with Crippen LogP contribution < -0.4 is 5.73 Å². The zero-order valence-electron chi connectivity index (χ0n) is 9.45. The highest BCUT2D eigenvalue weighted by Crippen LogP contribution is 2.39. The number of fused-ring (bicyclic) bond motifs is 1. The summed E-state index contributed by atoms with van der Waals surface area (Å²) in [6.45, 7) is 0. The average molecular weight is 258 g/mol. The lowest BCUT2D eigenvalue weighted by Crippen LogP contribution is -1.94. The topological polar surface area (TPSA) is 82.0 Å². The molecule has 0 amide bonds. The second-order valence-corrected chi connectivity index (χ2v) is 5.36. The van der Waals surface area contributed by atoms with Crippen molar-refractivity contribution in [2.75, 3.05) is 5.73 Å². The van der Waals surface area contributed by atoms with Crippen LogP contribution in [-0.2, 0) is 0 Å². The van der Waals surface area contributed by atoms with Crippen molar-refractivity contribution in [3.05, 3.63) is 24.2 Å². The Bertz CT molecular complexity index is 726. The molecule has 90 valence electrons. The molecule has 6 nitrogen and oxygen atoms in total. The van der Waals surface area contributed by atoms with E-state index in [2.05, 4.69) is 20.3 Å². The quantitative estimate of drug-likeness (QED) is 0.756. The highest BCUT2D eigenvalue weighted by Gasteiger charge is 2.30. The Hall–Kier alpha value is -2.02. The maximum atomic E-state index is 5.68. The molecule has 2 N–H and O–H groups in total. The standard InChI is InChI=1S/C11H10N6S/c12-8-5-7(3-4-13-8)10-16-17-9(6-1-2-6)14-15-11(17)18-10/h3-6H,1-2H2,(H2,12,13). The Kier molecular flexibility index (Phi) is 1.93. The molecule has 4 rings (SSSR count). The predicted octanol–water partition coefficient (Wildman–Crippen LogP) is 1.71. The Morgan fingerprint density at radius 1 is 1.33 bits per heavy atom. The number of anilines is 1. The fourth-order valence-corrected chi connectivity index (χ4v) is 2.77. The molecule has 1 aliphatic rings. The average Bonchev–Trinajstić information content (AvgIpc) is 2.99. The molecule has 1 fully saturated rings. The Balaban J connectivity index is 1.86. The van der Waals surface area contributed by atoms with Gasteiger partial charge in [0.1, 0.15) is 10.8 Å². The lowest BCUT2D eigenvalue weighted by molar-refractivity contribution is 0.828. The second kappa shape index (κ2) is 3.49. The van der Waals surface area contributed by atoms with Crippen LogP contribution in [0.5, 0.6) is 0 Å². The van der Waals surface area contributed by atoms with Gasteiger partial charge in [-0.1, -0.05) is 11.3 Å². The molecule has 18 heavy (non-hydrogen) atoms. The van der Waals surface area contributed by atoms with Crippen LogP contribution in [0.4, 0.5) is 5.82 Å². The van der Waals surface area contributed by atoms with Crippen molar-refractivity contribution in [1.82, 2.24) is 24.8 Å². The molecular formula is C11H10N6S. The number of nitrogens with two attached hydrogens (primary N) is 1. The van der Waals surface area contributed by atoms with Crippen LogP contribution >= 0.6 is 11.3 Å². The highest BCUT2D eigenvalue weighted by molar-refractivity contribution is 7.19. The van der Waals surface area contributed by atoms with Crippen LogP contribution in [0, 0.1) is 0 Å². The number of aromatic nitrogens is 5. The molecule has 0 spiro atoms. The molecule has 0 saturated heterocycles. The summed E-state index contributed by atoms with van der Waals surface area (Å²) in [5.74, 6) is 2.02. The first-order valence-electron chi connectivity index (χ1n) is 5.75. The second-order valence-electron chi connectivity index (χ2n) is 4.40. The van der Waals surface area contributed by atoms with E-state index in [0.29, 0.717) is 11.7 Å². The fraction of sp³-hybridized carbons (Fsp3) is 0.273. The third-order valence-corrected chi connectivity index (χ3v) is 3.93. The first-order valence-corrected chi connectivity index (χ1v) is 6.57. The van der Waals surface area contributed by atoms with Crippen molar-refractivity contribution in [3.63, 3.8) is 0 Å². The summed E-state index contributed by atoms with van der Waals surface area (Å²) in [4.78, 5) is 4.82. The van der Waals surface area contributed by atoms with Crippen molar-refractivity contribution in [2.24, 2.45) is 0 Å². The van der Waals surface area contributed by atoms with E-state index in [1.165, 1.54) is 24.2 Å². The predicted molar refractivity (Wildman–Crippen MR) is 68.3 cm³/mol. The van der Waals surface area contributed by atoms with Crippen LogP contribution in [0.1, 0.15) is 24.6 Å². The zero-order chi connectivity index (χ0) is 12.1. The van der Waals surface area contributed by atoms with Gasteiger partial charge < -0.3 is 5.73 Å². The normalized spacial score (nSPS) is 15.3. The summed E-state index contributed by atoms with van der Waals surface area (Å²) in [7, 11) is 0. The summed E-state index contributed by atoms with van der Waals surface area (Å²) < 4.78 is 1.86. The van der Waals surface area contributed by atoms with Gasteiger partial charge in [-0.2, -0.15) is 9.61 Å². The largest absolute Gasteiger partial charge is 0.384 e.